The number of hydrogen-bond acceptors (Lipinski definition) is 12. The molecule has 0 fully saturated rings. The molecular formula is C12H20O15. The second kappa shape index (κ2) is 12.2. The van der Waals surface area contributed by atoms with E-state index in [1.54, 1.807) is 0 Å². The van der Waals surface area contributed by atoms with Gasteiger partial charge in [0.25, 0.3) is 0 Å². The van der Waals surface area contributed by atoms with E-state index in [-0.39, 0.29) is 6.29 Å². The average Bonchev–Trinajstić information content (AvgIpc) is 2.62. The summed E-state index contributed by atoms with van der Waals surface area (Å²) < 4.78 is 0. The largest absolute Gasteiger partial charge is 0.479 e. The molecule has 0 aliphatic heterocycles. The highest BCUT2D eigenvalue weighted by atomic mass is 16.4. The number of aliphatic hydroxyl groups is 8. The minimum atomic E-state index is -2.36. The zero-order chi connectivity index (χ0) is 22.1. The molecule has 0 amide bonds. The van der Waals surface area contributed by atoms with E-state index >= 15 is 0 Å². The van der Waals surface area contributed by atoms with Crippen LogP contribution in [0.5, 0.6) is 0 Å². The molecule has 15 heteroatoms. The Balaban J connectivity index is 0. The first-order chi connectivity index (χ1) is 12.2. The SMILES string of the molecule is O=C(O)[C@@H](O)[C@@H](O)[C@H](O)[C@@H](O)C(=O)O.O=C[C@H](O)[C@H](O)[C@@H](O)[C@H](O)C(=O)O. The standard InChI is InChI=1S/C6H10O8.C6H10O7/c7-1(3(9)5(11)12)2(8)4(10)6(13)14;7-1-2(8)3(9)4(10)5(11)6(12)13/h1-4,7-10H,(H,11,12)(H,13,14);1-5,8-11H,(H,12,13)/t1-,2-,3-,4+;2-,3-,4+,5-/m00/s1. The number of carbonyl (C=O) groups is 4. The normalized spacial score (nSPS) is 19.7. The molecule has 0 unspecified atom stereocenters. The lowest BCUT2D eigenvalue weighted by Gasteiger charge is -2.21. The van der Waals surface area contributed by atoms with Gasteiger partial charge in [0.15, 0.2) is 24.6 Å². The Kier molecular flexibility index (Phi) is 12.2. The van der Waals surface area contributed by atoms with Crippen molar-refractivity contribution in [3.63, 3.8) is 0 Å². The summed E-state index contributed by atoms with van der Waals surface area (Å²) in [7, 11) is 0. The average molecular weight is 404 g/mol. The van der Waals surface area contributed by atoms with Crippen molar-refractivity contribution < 1.29 is 75.3 Å². The summed E-state index contributed by atoms with van der Waals surface area (Å²) >= 11 is 0. The van der Waals surface area contributed by atoms with E-state index in [0.29, 0.717) is 0 Å². The van der Waals surface area contributed by atoms with E-state index in [0.717, 1.165) is 0 Å². The van der Waals surface area contributed by atoms with Crippen molar-refractivity contribution in [3.8, 4) is 0 Å². The van der Waals surface area contributed by atoms with Crippen molar-refractivity contribution in [2.75, 3.05) is 0 Å². The highest BCUT2D eigenvalue weighted by Gasteiger charge is 2.37. The van der Waals surface area contributed by atoms with Crippen LogP contribution in [0.15, 0.2) is 0 Å². The first kappa shape index (κ1) is 27.0. The van der Waals surface area contributed by atoms with Crippen LogP contribution in [-0.4, -0.2) is 129 Å². The minimum Gasteiger partial charge on any atom is -0.479 e. The summed E-state index contributed by atoms with van der Waals surface area (Å²) in [5, 5.41) is 94.6. The van der Waals surface area contributed by atoms with E-state index in [9.17, 15) is 19.2 Å². The molecule has 0 spiro atoms. The van der Waals surface area contributed by atoms with Gasteiger partial charge in [-0.1, -0.05) is 0 Å². The molecular weight excluding hydrogens is 384 g/mol. The van der Waals surface area contributed by atoms with Crippen molar-refractivity contribution in [2.45, 2.75) is 48.8 Å². The molecule has 0 aliphatic carbocycles. The molecule has 158 valence electrons. The predicted octanol–water partition coefficient (Wildman–Crippen LogP) is -6.69. The lowest BCUT2D eigenvalue weighted by Crippen LogP contribution is -2.49. The van der Waals surface area contributed by atoms with Crippen molar-refractivity contribution in [1.29, 1.82) is 0 Å². The summed E-state index contributed by atoms with van der Waals surface area (Å²) in [6, 6.07) is 0. The highest BCUT2D eigenvalue weighted by molar-refractivity contribution is 5.75. The van der Waals surface area contributed by atoms with Crippen molar-refractivity contribution in [2.24, 2.45) is 0 Å². The third-order valence-electron chi connectivity index (χ3n) is 2.92. The van der Waals surface area contributed by atoms with E-state index < -0.39 is 66.7 Å². The molecule has 0 radical (unpaired) electrons. The second-order valence-corrected chi connectivity index (χ2v) is 4.94. The zero-order valence-electron chi connectivity index (χ0n) is 13.2. The van der Waals surface area contributed by atoms with Gasteiger partial charge in [0.1, 0.15) is 30.5 Å². The third kappa shape index (κ3) is 8.80. The number of hydrogen-bond donors (Lipinski definition) is 11. The van der Waals surface area contributed by atoms with Gasteiger partial charge in [-0.15, -0.1) is 0 Å². The van der Waals surface area contributed by atoms with Gasteiger partial charge in [-0.2, -0.15) is 0 Å². The predicted molar refractivity (Wildman–Crippen MR) is 77.0 cm³/mol. The van der Waals surface area contributed by atoms with Gasteiger partial charge in [0.2, 0.25) is 0 Å². The van der Waals surface area contributed by atoms with Gasteiger partial charge < -0.3 is 61.0 Å². The Morgan fingerprint density at radius 1 is 0.519 bits per heavy atom. The summed E-state index contributed by atoms with van der Waals surface area (Å²) in [4.78, 5) is 40.1. The molecule has 0 aromatic rings. The summed E-state index contributed by atoms with van der Waals surface area (Å²) in [5.74, 6) is -5.44. The van der Waals surface area contributed by atoms with E-state index in [2.05, 4.69) is 0 Å². The van der Waals surface area contributed by atoms with Gasteiger partial charge in [-0.25, -0.2) is 14.4 Å². The van der Waals surface area contributed by atoms with Crippen LogP contribution in [0.1, 0.15) is 0 Å². The lowest BCUT2D eigenvalue weighted by molar-refractivity contribution is -0.172. The molecule has 0 bridgehead atoms. The third-order valence-corrected chi connectivity index (χ3v) is 2.92. The molecule has 0 heterocycles. The van der Waals surface area contributed by atoms with E-state index in [1.807, 2.05) is 0 Å². The monoisotopic (exact) mass is 404 g/mol. The molecule has 0 aliphatic rings. The van der Waals surface area contributed by atoms with Crippen LogP contribution >= 0.6 is 0 Å². The van der Waals surface area contributed by atoms with Crippen LogP contribution in [0.25, 0.3) is 0 Å². The highest BCUT2D eigenvalue weighted by Crippen LogP contribution is 2.06. The van der Waals surface area contributed by atoms with Gasteiger partial charge in [0, 0.05) is 0 Å². The van der Waals surface area contributed by atoms with Crippen molar-refractivity contribution in [1.82, 2.24) is 0 Å². The smallest absolute Gasteiger partial charge is 0.335 e. The molecule has 11 N–H and O–H groups in total. The molecule has 8 atom stereocenters. The molecule has 27 heavy (non-hydrogen) atoms. The summed E-state index contributed by atoms with van der Waals surface area (Å²) in [6.45, 7) is 0. The molecule has 0 aromatic carbocycles. The van der Waals surface area contributed by atoms with Crippen molar-refractivity contribution >= 4 is 24.2 Å². The number of carbonyl (C=O) groups excluding carboxylic acids is 1. The Hall–Kier alpha value is -2.24. The number of carboxylic acids is 3. The van der Waals surface area contributed by atoms with E-state index in [4.69, 9.17) is 56.2 Å². The Bertz CT molecular complexity index is 483. The van der Waals surface area contributed by atoms with Crippen molar-refractivity contribution in [3.05, 3.63) is 0 Å². The van der Waals surface area contributed by atoms with Gasteiger partial charge in [-0.3, -0.25) is 0 Å². The minimum absolute atomic E-state index is 0.0809. The Morgan fingerprint density at radius 2 is 0.741 bits per heavy atom. The van der Waals surface area contributed by atoms with Crippen LogP contribution in [0.4, 0.5) is 0 Å². The molecule has 0 saturated heterocycles. The fourth-order valence-corrected chi connectivity index (χ4v) is 1.28. The molecule has 0 saturated carbocycles. The topological polar surface area (TPSA) is 291 Å². The summed E-state index contributed by atoms with van der Waals surface area (Å²) in [5.41, 5.74) is 0. The van der Waals surface area contributed by atoms with Gasteiger partial charge in [-0.05, 0) is 0 Å². The second-order valence-electron chi connectivity index (χ2n) is 4.94. The maximum absolute atomic E-state index is 10.1. The number of carboxylic acid groups (broad SMARTS) is 3. The van der Waals surface area contributed by atoms with Crippen LogP contribution < -0.4 is 0 Å². The number of aliphatic hydroxyl groups excluding tert-OH is 8. The van der Waals surface area contributed by atoms with Crippen LogP contribution in [0.2, 0.25) is 0 Å². The molecule has 0 aromatic heterocycles. The number of aldehydes is 1. The van der Waals surface area contributed by atoms with Crippen LogP contribution in [0, 0.1) is 0 Å². The fourth-order valence-electron chi connectivity index (χ4n) is 1.28. The zero-order valence-corrected chi connectivity index (χ0v) is 13.2. The van der Waals surface area contributed by atoms with Gasteiger partial charge in [0.05, 0.1) is 0 Å². The Labute approximate surface area is 149 Å². The lowest BCUT2D eigenvalue weighted by atomic mass is 10.0. The quantitative estimate of drug-likeness (QED) is 0.151. The molecule has 0 rings (SSSR count). The van der Waals surface area contributed by atoms with Gasteiger partial charge >= 0.3 is 17.9 Å². The maximum Gasteiger partial charge on any atom is 0.335 e. The number of rotatable bonds is 10. The van der Waals surface area contributed by atoms with Crippen LogP contribution in [-0.2, 0) is 19.2 Å². The van der Waals surface area contributed by atoms with Crippen LogP contribution in [0.3, 0.4) is 0 Å². The maximum atomic E-state index is 10.1. The summed E-state index contributed by atoms with van der Waals surface area (Å²) in [6.07, 6.45) is -17.7. The molecule has 15 nitrogen and oxygen atoms in total. The van der Waals surface area contributed by atoms with E-state index in [1.165, 1.54) is 0 Å². The first-order valence-corrected chi connectivity index (χ1v) is 6.78. The number of aliphatic carboxylic acids is 3. The first-order valence-electron chi connectivity index (χ1n) is 6.78. The fraction of sp³-hybridized carbons (Fsp3) is 0.667. The Morgan fingerprint density at radius 3 is 0.926 bits per heavy atom.